The van der Waals surface area contributed by atoms with E-state index in [0.717, 1.165) is 75.6 Å². The number of nitrogens with one attached hydrogen (secondary N) is 1. The molecule has 0 radical (unpaired) electrons. The van der Waals surface area contributed by atoms with Crippen LogP contribution in [0.15, 0.2) is 53.7 Å². The van der Waals surface area contributed by atoms with Crippen LogP contribution in [0.5, 0.6) is 0 Å². The molecule has 2 aliphatic rings. The standard InChI is InChI=1S/C24H32ClN5O/c1-2-26-23(30-15-13-29(14-16-30)22-9-5-6-12-27-22)28-19-24(10-17-31-18-11-24)20-7-3-4-8-21(20)25/h3-9,12H,2,10-11,13-19H2,1H3,(H,26,28). The number of hydrogen-bond acceptors (Lipinski definition) is 4. The number of hydrogen-bond donors (Lipinski definition) is 1. The highest BCUT2D eigenvalue weighted by Gasteiger charge is 2.36. The maximum atomic E-state index is 6.62. The Morgan fingerprint density at radius 3 is 2.52 bits per heavy atom. The summed E-state index contributed by atoms with van der Waals surface area (Å²) in [4.78, 5) is 14.3. The zero-order chi connectivity index (χ0) is 21.5. The Balaban J connectivity index is 1.49. The number of guanidine groups is 1. The molecule has 0 aliphatic carbocycles. The van der Waals surface area contributed by atoms with Crippen LogP contribution in [0.4, 0.5) is 5.82 Å². The number of halogens is 1. The Hall–Kier alpha value is -2.31. The van der Waals surface area contributed by atoms with Gasteiger partial charge in [-0.15, -0.1) is 0 Å². The van der Waals surface area contributed by atoms with Gasteiger partial charge in [-0.05, 0) is 43.5 Å². The van der Waals surface area contributed by atoms with Gasteiger partial charge in [-0.3, -0.25) is 4.99 Å². The Labute approximate surface area is 190 Å². The van der Waals surface area contributed by atoms with Crippen LogP contribution in [-0.2, 0) is 10.2 Å². The van der Waals surface area contributed by atoms with Crippen molar-refractivity contribution in [2.45, 2.75) is 25.2 Å². The van der Waals surface area contributed by atoms with Crippen molar-refractivity contribution in [3.05, 3.63) is 59.2 Å². The third-order valence-corrected chi connectivity index (χ3v) is 6.64. The average Bonchev–Trinajstić information content (AvgIpc) is 2.83. The van der Waals surface area contributed by atoms with Crippen molar-refractivity contribution in [2.75, 3.05) is 57.4 Å². The molecule has 0 amide bonds. The summed E-state index contributed by atoms with van der Waals surface area (Å²) < 4.78 is 5.68. The van der Waals surface area contributed by atoms with Gasteiger partial charge in [0.25, 0.3) is 0 Å². The molecule has 2 fully saturated rings. The molecule has 0 saturated carbocycles. The predicted molar refractivity (Wildman–Crippen MR) is 127 cm³/mol. The maximum Gasteiger partial charge on any atom is 0.194 e. The number of anilines is 1. The molecular weight excluding hydrogens is 410 g/mol. The summed E-state index contributed by atoms with van der Waals surface area (Å²) in [5.74, 6) is 2.03. The van der Waals surface area contributed by atoms with Gasteiger partial charge in [0.15, 0.2) is 5.96 Å². The first-order chi connectivity index (χ1) is 15.2. The van der Waals surface area contributed by atoms with Crippen LogP contribution < -0.4 is 10.2 Å². The SMILES string of the molecule is CCNC(=NCC1(c2ccccc2Cl)CCOCC1)N1CCN(c2ccccn2)CC1. The minimum Gasteiger partial charge on any atom is -0.381 e. The second-order valence-electron chi connectivity index (χ2n) is 8.20. The van der Waals surface area contributed by atoms with Crippen LogP contribution in [0.25, 0.3) is 0 Å². The highest BCUT2D eigenvalue weighted by Crippen LogP contribution is 2.39. The van der Waals surface area contributed by atoms with Crippen LogP contribution >= 0.6 is 11.6 Å². The third-order valence-electron chi connectivity index (χ3n) is 6.31. The molecule has 0 spiro atoms. The zero-order valence-electron chi connectivity index (χ0n) is 18.3. The fourth-order valence-electron chi connectivity index (χ4n) is 4.51. The van der Waals surface area contributed by atoms with E-state index in [9.17, 15) is 0 Å². The fraction of sp³-hybridized carbons (Fsp3) is 0.500. The first-order valence-corrected chi connectivity index (χ1v) is 11.6. The Morgan fingerprint density at radius 1 is 1.10 bits per heavy atom. The normalized spacial score (nSPS) is 19.4. The summed E-state index contributed by atoms with van der Waals surface area (Å²) >= 11 is 6.62. The highest BCUT2D eigenvalue weighted by molar-refractivity contribution is 6.31. The van der Waals surface area contributed by atoms with E-state index in [1.807, 2.05) is 30.5 Å². The molecule has 7 heteroatoms. The second kappa shape index (κ2) is 10.3. The largest absolute Gasteiger partial charge is 0.381 e. The van der Waals surface area contributed by atoms with E-state index in [2.05, 4.69) is 45.2 Å². The van der Waals surface area contributed by atoms with E-state index in [1.165, 1.54) is 5.56 Å². The minimum atomic E-state index is -0.0763. The van der Waals surface area contributed by atoms with E-state index >= 15 is 0 Å². The number of piperazine rings is 1. The first-order valence-electron chi connectivity index (χ1n) is 11.2. The fourth-order valence-corrected chi connectivity index (χ4v) is 4.84. The van der Waals surface area contributed by atoms with Crippen molar-refractivity contribution in [3.8, 4) is 0 Å². The topological polar surface area (TPSA) is 53.0 Å². The zero-order valence-corrected chi connectivity index (χ0v) is 19.0. The molecule has 0 atom stereocenters. The number of aromatic nitrogens is 1. The van der Waals surface area contributed by atoms with Crippen LogP contribution in [0.1, 0.15) is 25.3 Å². The molecule has 166 valence electrons. The molecule has 31 heavy (non-hydrogen) atoms. The molecule has 6 nitrogen and oxygen atoms in total. The van der Waals surface area contributed by atoms with Crippen molar-refractivity contribution in [3.63, 3.8) is 0 Å². The van der Waals surface area contributed by atoms with E-state index in [0.29, 0.717) is 6.54 Å². The lowest BCUT2D eigenvalue weighted by molar-refractivity contribution is 0.0530. The van der Waals surface area contributed by atoms with Crippen molar-refractivity contribution in [1.29, 1.82) is 0 Å². The van der Waals surface area contributed by atoms with Gasteiger partial charge in [0.2, 0.25) is 0 Å². The van der Waals surface area contributed by atoms with Crippen molar-refractivity contribution >= 4 is 23.4 Å². The van der Waals surface area contributed by atoms with Crippen molar-refractivity contribution < 1.29 is 4.74 Å². The number of benzene rings is 1. The highest BCUT2D eigenvalue weighted by atomic mass is 35.5. The molecule has 4 rings (SSSR count). The van der Waals surface area contributed by atoms with Gasteiger partial charge in [0.05, 0.1) is 6.54 Å². The van der Waals surface area contributed by atoms with Crippen molar-refractivity contribution in [1.82, 2.24) is 15.2 Å². The molecule has 2 aliphatic heterocycles. The lowest BCUT2D eigenvalue weighted by atomic mass is 9.74. The molecule has 1 aromatic carbocycles. The summed E-state index contributed by atoms with van der Waals surface area (Å²) in [6, 6.07) is 14.3. The molecule has 1 N–H and O–H groups in total. The van der Waals surface area contributed by atoms with Crippen LogP contribution in [0, 0.1) is 0 Å². The minimum absolute atomic E-state index is 0.0763. The average molecular weight is 442 g/mol. The molecule has 3 heterocycles. The van der Waals surface area contributed by atoms with Gasteiger partial charge in [-0.2, -0.15) is 0 Å². The number of rotatable bonds is 5. The number of aliphatic imine (C=N–C) groups is 1. The number of nitrogens with zero attached hydrogens (tertiary/aromatic N) is 4. The summed E-state index contributed by atoms with van der Waals surface area (Å²) in [6.45, 7) is 8.90. The lowest BCUT2D eigenvalue weighted by Crippen LogP contribution is -2.53. The monoisotopic (exact) mass is 441 g/mol. The van der Waals surface area contributed by atoms with Crippen LogP contribution in [0.3, 0.4) is 0 Å². The molecule has 2 aromatic rings. The molecule has 0 unspecified atom stereocenters. The Kier molecular flexibility index (Phi) is 7.30. The molecular formula is C24H32ClN5O. The van der Waals surface area contributed by atoms with Gasteiger partial charge in [0, 0.05) is 62.6 Å². The second-order valence-corrected chi connectivity index (χ2v) is 8.61. The lowest BCUT2D eigenvalue weighted by Gasteiger charge is -2.39. The van der Waals surface area contributed by atoms with Crippen LogP contribution in [-0.4, -0.2) is 68.3 Å². The summed E-state index contributed by atoms with van der Waals surface area (Å²) in [5, 5.41) is 4.33. The van der Waals surface area contributed by atoms with E-state index in [1.54, 1.807) is 0 Å². The van der Waals surface area contributed by atoms with Gasteiger partial charge in [-0.1, -0.05) is 35.9 Å². The maximum absolute atomic E-state index is 6.62. The van der Waals surface area contributed by atoms with Crippen molar-refractivity contribution in [2.24, 2.45) is 4.99 Å². The van der Waals surface area contributed by atoms with Crippen LogP contribution in [0.2, 0.25) is 5.02 Å². The van der Waals surface area contributed by atoms with E-state index < -0.39 is 0 Å². The van der Waals surface area contributed by atoms with Gasteiger partial charge in [0.1, 0.15) is 5.82 Å². The van der Waals surface area contributed by atoms with E-state index in [4.69, 9.17) is 21.3 Å². The molecule has 2 saturated heterocycles. The Morgan fingerprint density at radius 2 is 1.84 bits per heavy atom. The Bertz CT molecular complexity index is 861. The third kappa shape index (κ3) is 5.13. The smallest absolute Gasteiger partial charge is 0.194 e. The quantitative estimate of drug-likeness (QED) is 0.567. The molecule has 0 bridgehead atoms. The van der Waals surface area contributed by atoms with Gasteiger partial charge < -0.3 is 19.9 Å². The summed E-state index contributed by atoms with van der Waals surface area (Å²) in [5.41, 5.74) is 1.12. The van der Waals surface area contributed by atoms with Gasteiger partial charge in [-0.25, -0.2) is 4.98 Å². The predicted octanol–water partition coefficient (Wildman–Crippen LogP) is 3.57. The number of pyridine rings is 1. The van der Waals surface area contributed by atoms with E-state index in [-0.39, 0.29) is 5.41 Å². The summed E-state index contributed by atoms with van der Waals surface area (Å²) in [7, 11) is 0. The molecule has 1 aromatic heterocycles. The van der Waals surface area contributed by atoms with Gasteiger partial charge >= 0.3 is 0 Å². The number of ether oxygens (including phenoxy) is 1. The first kappa shape index (κ1) is 21.9. The summed E-state index contributed by atoms with van der Waals surface area (Å²) in [6.07, 6.45) is 3.73.